The van der Waals surface area contributed by atoms with Crippen molar-refractivity contribution in [3.63, 3.8) is 0 Å². The molecule has 1 heterocycles. The average Bonchev–Trinajstić information content (AvgIpc) is 3.20. The molecule has 1 aromatic heterocycles. The maximum absolute atomic E-state index is 13.5. The number of sulfonamides is 1. The van der Waals surface area contributed by atoms with E-state index in [2.05, 4.69) is 29.4 Å². The highest BCUT2D eigenvalue weighted by Crippen LogP contribution is 2.30. The molecule has 0 unspecified atom stereocenters. The smallest absolute Gasteiger partial charge is 0.264 e. The molecule has 2 aromatic carbocycles. The van der Waals surface area contributed by atoms with Gasteiger partial charge in [-0.1, -0.05) is 72.3 Å². The van der Waals surface area contributed by atoms with Crippen LogP contribution in [0.15, 0.2) is 51.7 Å². The number of carbonyl (C=O) groups is 1. The lowest BCUT2D eigenvalue weighted by Crippen LogP contribution is -2.38. The molecule has 3 aromatic rings. The van der Waals surface area contributed by atoms with Crippen LogP contribution in [0.4, 0.5) is 10.8 Å². The molecule has 1 amide bonds. The molecule has 0 atom stereocenters. The second-order valence-electron chi connectivity index (χ2n) is 7.88. The first-order valence-electron chi connectivity index (χ1n) is 10.2. The fraction of sp³-hybridized carbons (Fsp3) is 0.318. The Labute approximate surface area is 207 Å². The molecule has 0 spiro atoms. The van der Waals surface area contributed by atoms with Crippen LogP contribution in [-0.2, 0) is 14.8 Å². The van der Waals surface area contributed by atoms with Crippen LogP contribution in [0, 0.1) is 19.8 Å². The molecular formula is C22H25ClN4O3S3. The van der Waals surface area contributed by atoms with Gasteiger partial charge < -0.3 is 0 Å². The molecular weight excluding hydrogens is 500 g/mol. The molecule has 0 aliphatic rings. The van der Waals surface area contributed by atoms with Gasteiger partial charge in [-0.05, 0) is 49.6 Å². The fourth-order valence-corrected chi connectivity index (χ4v) is 6.22. The summed E-state index contributed by atoms with van der Waals surface area (Å²) < 4.78 is 28.9. The number of aryl methyl sites for hydroxylation is 2. The van der Waals surface area contributed by atoms with E-state index in [4.69, 9.17) is 11.6 Å². The number of aromatic nitrogens is 2. The number of hydrogen-bond donors (Lipinski definition) is 1. The van der Waals surface area contributed by atoms with Crippen molar-refractivity contribution in [1.82, 2.24) is 10.2 Å². The van der Waals surface area contributed by atoms with E-state index in [0.29, 0.717) is 27.3 Å². The molecule has 3 rings (SSSR count). The van der Waals surface area contributed by atoms with Crippen LogP contribution >= 0.6 is 34.7 Å². The van der Waals surface area contributed by atoms with Gasteiger partial charge in [-0.3, -0.25) is 14.4 Å². The van der Waals surface area contributed by atoms with Crippen LogP contribution < -0.4 is 9.62 Å². The Morgan fingerprint density at radius 2 is 1.85 bits per heavy atom. The van der Waals surface area contributed by atoms with Crippen LogP contribution in [0.3, 0.4) is 0 Å². The Hall–Kier alpha value is -2.14. The van der Waals surface area contributed by atoms with Crippen molar-refractivity contribution in [2.45, 2.75) is 36.9 Å². The molecule has 0 saturated heterocycles. The summed E-state index contributed by atoms with van der Waals surface area (Å²) in [6, 6.07) is 11.4. The molecule has 0 saturated carbocycles. The van der Waals surface area contributed by atoms with Gasteiger partial charge >= 0.3 is 0 Å². The number of halogens is 1. The lowest BCUT2D eigenvalue weighted by atomic mass is 10.2. The third kappa shape index (κ3) is 6.69. The summed E-state index contributed by atoms with van der Waals surface area (Å²) in [7, 11) is -4.03. The fourth-order valence-electron chi connectivity index (χ4n) is 2.83. The Bertz CT molecular complexity index is 1230. The summed E-state index contributed by atoms with van der Waals surface area (Å²) in [6.07, 6.45) is 0. The van der Waals surface area contributed by atoms with E-state index in [1.54, 1.807) is 49.0 Å². The summed E-state index contributed by atoms with van der Waals surface area (Å²) in [5.74, 6) is 0.860. The largest absolute Gasteiger partial charge is 0.299 e. The predicted molar refractivity (Wildman–Crippen MR) is 136 cm³/mol. The van der Waals surface area contributed by atoms with Gasteiger partial charge in [0.15, 0.2) is 4.34 Å². The number of benzene rings is 2. The third-order valence-corrected chi connectivity index (χ3v) is 8.94. The maximum Gasteiger partial charge on any atom is 0.264 e. The van der Waals surface area contributed by atoms with E-state index in [9.17, 15) is 13.2 Å². The average molecular weight is 525 g/mol. The molecule has 11 heteroatoms. The van der Waals surface area contributed by atoms with Crippen LogP contribution in [-0.4, -0.2) is 36.8 Å². The first-order chi connectivity index (χ1) is 15.6. The van der Waals surface area contributed by atoms with Gasteiger partial charge in [0.25, 0.3) is 10.0 Å². The molecule has 33 heavy (non-hydrogen) atoms. The van der Waals surface area contributed by atoms with Crippen molar-refractivity contribution < 1.29 is 13.2 Å². The second kappa shape index (κ2) is 10.9. The van der Waals surface area contributed by atoms with Crippen molar-refractivity contribution in [2.75, 3.05) is 21.9 Å². The van der Waals surface area contributed by atoms with E-state index >= 15 is 0 Å². The van der Waals surface area contributed by atoms with Gasteiger partial charge in [0, 0.05) is 10.8 Å². The summed E-state index contributed by atoms with van der Waals surface area (Å²) in [5, 5.41) is 11.4. The minimum atomic E-state index is -4.03. The van der Waals surface area contributed by atoms with Crippen molar-refractivity contribution in [2.24, 2.45) is 5.92 Å². The number of rotatable bonds is 9. The van der Waals surface area contributed by atoms with E-state index in [0.717, 1.165) is 20.0 Å². The number of nitrogens with zero attached hydrogens (tertiary/aromatic N) is 3. The zero-order valence-corrected chi connectivity index (χ0v) is 21.9. The number of anilines is 2. The van der Waals surface area contributed by atoms with Gasteiger partial charge in [-0.2, -0.15) is 0 Å². The van der Waals surface area contributed by atoms with Crippen LogP contribution in [0.5, 0.6) is 0 Å². The Morgan fingerprint density at radius 3 is 2.52 bits per heavy atom. The minimum absolute atomic E-state index is 0.0866. The molecule has 0 aliphatic heterocycles. The molecule has 0 radical (unpaired) electrons. The van der Waals surface area contributed by atoms with Gasteiger partial charge in [-0.25, -0.2) is 8.42 Å². The van der Waals surface area contributed by atoms with Gasteiger partial charge in [0.1, 0.15) is 6.54 Å². The zero-order valence-electron chi connectivity index (χ0n) is 18.7. The summed E-state index contributed by atoms with van der Waals surface area (Å²) in [5.41, 5.74) is 1.94. The highest BCUT2D eigenvalue weighted by Gasteiger charge is 2.29. The zero-order chi connectivity index (χ0) is 24.2. The number of hydrogen-bond acceptors (Lipinski definition) is 7. The van der Waals surface area contributed by atoms with Crippen LogP contribution in [0.2, 0.25) is 5.02 Å². The molecule has 7 nitrogen and oxygen atoms in total. The molecule has 176 valence electrons. The quantitative estimate of drug-likeness (QED) is 0.298. The Morgan fingerprint density at radius 1 is 1.15 bits per heavy atom. The molecule has 1 N–H and O–H groups in total. The third-order valence-electron chi connectivity index (χ3n) is 4.53. The first-order valence-corrected chi connectivity index (χ1v) is 13.8. The highest BCUT2D eigenvalue weighted by molar-refractivity contribution is 8.01. The first kappa shape index (κ1) is 25.5. The van der Waals surface area contributed by atoms with Crippen LogP contribution in [0.1, 0.15) is 25.0 Å². The molecule has 0 bridgehead atoms. The van der Waals surface area contributed by atoms with Crippen molar-refractivity contribution >= 4 is 61.4 Å². The lowest BCUT2D eigenvalue weighted by molar-refractivity contribution is -0.114. The van der Waals surface area contributed by atoms with Gasteiger partial charge in [0.05, 0.1) is 10.6 Å². The van der Waals surface area contributed by atoms with E-state index < -0.39 is 22.5 Å². The Kier molecular flexibility index (Phi) is 8.38. The standard InChI is InChI=1S/C22H25ClN4O3S3/c1-14(2)13-31-22-26-25-21(32-22)24-20(28)12-27(19-11-17(23)8-7-16(19)4)33(29,30)18-9-5-15(3)6-10-18/h5-11,14H,12-13H2,1-4H3,(H,24,25,28). The monoisotopic (exact) mass is 524 g/mol. The van der Waals surface area contributed by atoms with Crippen molar-refractivity contribution in [1.29, 1.82) is 0 Å². The number of carbonyl (C=O) groups excluding carboxylic acids is 1. The Balaban J connectivity index is 1.88. The van der Waals surface area contributed by atoms with Crippen molar-refractivity contribution in [3.8, 4) is 0 Å². The predicted octanol–water partition coefficient (Wildman–Crippen LogP) is 5.39. The number of amides is 1. The van der Waals surface area contributed by atoms with E-state index in [1.807, 2.05) is 6.92 Å². The minimum Gasteiger partial charge on any atom is -0.299 e. The van der Waals surface area contributed by atoms with E-state index in [1.165, 1.54) is 23.5 Å². The lowest BCUT2D eigenvalue weighted by Gasteiger charge is -2.25. The SMILES string of the molecule is Cc1ccc(S(=O)(=O)N(CC(=O)Nc2nnc(SCC(C)C)s2)c2cc(Cl)ccc2C)cc1. The maximum atomic E-state index is 13.5. The van der Waals surface area contributed by atoms with Gasteiger partial charge in [0.2, 0.25) is 11.0 Å². The van der Waals surface area contributed by atoms with E-state index in [-0.39, 0.29) is 4.90 Å². The summed E-state index contributed by atoms with van der Waals surface area (Å²) in [6.45, 7) is 7.42. The molecule has 0 fully saturated rings. The number of nitrogens with one attached hydrogen (secondary N) is 1. The highest BCUT2D eigenvalue weighted by atomic mass is 35.5. The molecule has 0 aliphatic carbocycles. The normalized spacial score (nSPS) is 11.6. The second-order valence-corrected chi connectivity index (χ2v) is 12.4. The van der Waals surface area contributed by atoms with Gasteiger partial charge in [-0.15, -0.1) is 10.2 Å². The van der Waals surface area contributed by atoms with Crippen LogP contribution in [0.25, 0.3) is 0 Å². The summed E-state index contributed by atoms with van der Waals surface area (Å²) in [4.78, 5) is 13.0. The number of thioether (sulfide) groups is 1. The van der Waals surface area contributed by atoms with Crippen molar-refractivity contribution in [3.05, 3.63) is 58.6 Å². The topological polar surface area (TPSA) is 92.3 Å². The summed E-state index contributed by atoms with van der Waals surface area (Å²) >= 11 is 8.98.